The Morgan fingerprint density at radius 3 is 2.23 bits per heavy atom. The van der Waals surface area contributed by atoms with Crippen molar-refractivity contribution in [1.82, 2.24) is 0 Å². The predicted octanol–water partition coefficient (Wildman–Crippen LogP) is 2.58. The Balaban J connectivity index is 2.01. The van der Waals surface area contributed by atoms with E-state index in [9.17, 15) is 0 Å². The second kappa shape index (κ2) is 2.96. The fourth-order valence-corrected chi connectivity index (χ4v) is 2.47. The molecule has 0 bridgehead atoms. The van der Waals surface area contributed by atoms with Gasteiger partial charge in [-0.3, -0.25) is 0 Å². The zero-order valence-electron chi connectivity index (χ0n) is 8.93. The summed E-state index contributed by atoms with van der Waals surface area (Å²) in [6.07, 6.45) is 3.44. The van der Waals surface area contributed by atoms with Gasteiger partial charge in [-0.25, -0.2) is 0 Å². The van der Waals surface area contributed by atoms with E-state index in [2.05, 4.69) is 20.8 Å². The lowest BCUT2D eigenvalue weighted by molar-refractivity contribution is -0.154. The van der Waals surface area contributed by atoms with Crippen LogP contribution in [0.2, 0.25) is 0 Å². The molecule has 1 saturated carbocycles. The molecule has 1 aliphatic carbocycles. The number of rotatable bonds is 0. The van der Waals surface area contributed by atoms with Crippen LogP contribution in [0.5, 0.6) is 0 Å². The van der Waals surface area contributed by atoms with Gasteiger partial charge in [0.05, 0.1) is 13.2 Å². The summed E-state index contributed by atoms with van der Waals surface area (Å²) >= 11 is 0. The smallest absolute Gasteiger partial charge is 0.168 e. The van der Waals surface area contributed by atoms with Crippen molar-refractivity contribution in [2.24, 2.45) is 11.3 Å². The Morgan fingerprint density at radius 2 is 1.77 bits per heavy atom. The molecule has 1 atom stereocenters. The minimum Gasteiger partial charge on any atom is -0.348 e. The normalized spacial score (nSPS) is 33.0. The highest BCUT2D eigenvalue weighted by Gasteiger charge is 2.46. The molecule has 2 aliphatic rings. The van der Waals surface area contributed by atoms with Gasteiger partial charge in [-0.1, -0.05) is 20.8 Å². The van der Waals surface area contributed by atoms with Crippen molar-refractivity contribution >= 4 is 0 Å². The molecular weight excluding hydrogens is 164 g/mol. The van der Waals surface area contributed by atoms with Crippen LogP contribution >= 0.6 is 0 Å². The van der Waals surface area contributed by atoms with E-state index in [0.29, 0.717) is 5.41 Å². The van der Waals surface area contributed by atoms with Crippen molar-refractivity contribution in [2.75, 3.05) is 13.2 Å². The van der Waals surface area contributed by atoms with Crippen LogP contribution in [0.1, 0.15) is 40.0 Å². The zero-order valence-corrected chi connectivity index (χ0v) is 8.93. The Bertz CT molecular complexity index is 187. The monoisotopic (exact) mass is 184 g/mol. The average molecular weight is 184 g/mol. The molecule has 0 N–H and O–H groups in total. The average Bonchev–Trinajstić information content (AvgIpc) is 2.60. The second-order valence-corrected chi connectivity index (χ2v) is 5.41. The van der Waals surface area contributed by atoms with Crippen molar-refractivity contribution in [3.8, 4) is 0 Å². The van der Waals surface area contributed by atoms with Crippen molar-refractivity contribution in [2.45, 2.75) is 45.8 Å². The Morgan fingerprint density at radius 1 is 1.15 bits per heavy atom. The quantitative estimate of drug-likeness (QED) is 0.576. The van der Waals surface area contributed by atoms with E-state index in [4.69, 9.17) is 9.47 Å². The fraction of sp³-hybridized carbons (Fsp3) is 1.00. The molecule has 0 aromatic heterocycles. The maximum absolute atomic E-state index is 5.70. The highest BCUT2D eigenvalue weighted by Crippen LogP contribution is 2.47. The van der Waals surface area contributed by atoms with E-state index in [1.165, 1.54) is 6.42 Å². The first-order valence-corrected chi connectivity index (χ1v) is 5.30. The first-order chi connectivity index (χ1) is 6.02. The summed E-state index contributed by atoms with van der Waals surface area (Å²) in [4.78, 5) is 0. The van der Waals surface area contributed by atoms with E-state index in [1.807, 2.05) is 0 Å². The molecule has 1 aliphatic heterocycles. The molecule has 76 valence electrons. The van der Waals surface area contributed by atoms with Crippen molar-refractivity contribution in [1.29, 1.82) is 0 Å². The van der Waals surface area contributed by atoms with Crippen LogP contribution in [-0.2, 0) is 9.47 Å². The van der Waals surface area contributed by atoms with Crippen LogP contribution < -0.4 is 0 Å². The molecule has 1 spiro atoms. The molecule has 2 nitrogen and oxygen atoms in total. The molecule has 0 aromatic rings. The van der Waals surface area contributed by atoms with Crippen LogP contribution in [0.15, 0.2) is 0 Å². The molecule has 2 heteroatoms. The van der Waals surface area contributed by atoms with E-state index >= 15 is 0 Å². The van der Waals surface area contributed by atoms with Gasteiger partial charge >= 0.3 is 0 Å². The first-order valence-electron chi connectivity index (χ1n) is 5.30. The lowest BCUT2D eigenvalue weighted by atomic mass is 9.79. The maximum atomic E-state index is 5.70. The topological polar surface area (TPSA) is 18.5 Å². The minimum absolute atomic E-state index is 0.183. The van der Waals surface area contributed by atoms with Gasteiger partial charge < -0.3 is 9.47 Å². The van der Waals surface area contributed by atoms with Crippen molar-refractivity contribution in [3.63, 3.8) is 0 Å². The Kier molecular flexibility index (Phi) is 2.16. The summed E-state index contributed by atoms with van der Waals surface area (Å²) < 4.78 is 11.4. The van der Waals surface area contributed by atoms with Crippen LogP contribution in [0.3, 0.4) is 0 Å². The van der Waals surface area contributed by atoms with Crippen LogP contribution in [0, 0.1) is 11.3 Å². The molecule has 0 amide bonds. The standard InChI is InChI=1S/C11H20O2/c1-10(2,3)9-4-5-11(8-9)12-6-7-13-11/h9H,4-8H2,1-3H3. The summed E-state index contributed by atoms with van der Waals surface area (Å²) in [7, 11) is 0. The van der Waals surface area contributed by atoms with E-state index in [0.717, 1.165) is 32.0 Å². The molecule has 1 saturated heterocycles. The van der Waals surface area contributed by atoms with Gasteiger partial charge in [0.25, 0.3) is 0 Å². The number of ether oxygens (including phenoxy) is 2. The summed E-state index contributed by atoms with van der Waals surface area (Å²) in [5, 5.41) is 0. The second-order valence-electron chi connectivity index (χ2n) is 5.41. The van der Waals surface area contributed by atoms with E-state index in [-0.39, 0.29) is 5.79 Å². The van der Waals surface area contributed by atoms with Gasteiger partial charge in [0.2, 0.25) is 0 Å². The summed E-state index contributed by atoms with van der Waals surface area (Å²) in [6, 6.07) is 0. The lowest BCUT2D eigenvalue weighted by Crippen LogP contribution is -2.28. The van der Waals surface area contributed by atoms with Gasteiger partial charge in [0.15, 0.2) is 5.79 Å². The number of hydrogen-bond acceptors (Lipinski definition) is 2. The molecule has 1 heterocycles. The minimum atomic E-state index is -0.183. The highest BCUT2D eigenvalue weighted by atomic mass is 16.7. The maximum Gasteiger partial charge on any atom is 0.168 e. The highest BCUT2D eigenvalue weighted by molar-refractivity contribution is 4.90. The van der Waals surface area contributed by atoms with Crippen molar-refractivity contribution in [3.05, 3.63) is 0 Å². The summed E-state index contributed by atoms with van der Waals surface area (Å²) in [6.45, 7) is 8.51. The fourth-order valence-electron chi connectivity index (χ4n) is 2.47. The largest absolute Gasteiger partial charge is 0.348 e. The van der Waals surface area contributed by atoms with Crippen LogP contribution in [0.25, 0.3) is 0 Å². The third-order valence-corrected chi connectivity index (χ3v) is 3.47. The van der Waals surface area contributed by atoms with Gasteiger partial charge in [0, 0.05) is 12.8 Å². The van der Waals surface area contributed by atoms with Crippen LogP contribution in [-0.4, -0.2) is 19.0 Å². The number of hydrogen-bond donors (Lipinski definition) is 0. The third kappa shape index (κ3) is 1.75. The molecule has 1 unspecified atom stereocenters. The lowest BCUT2D eigenvalue weighted by Gasteiger charge is -2.28. The predicted molar refractivity (Wildman–Crippen MR) is 51.4 cm³/mol. The van der Waals surface area contributed by atoms with Gasteiger partial charge in [-0.15, -0.1) is 0 Å². The molecule has 2 rings (SSSR count). The van der Waals surface area contributed by atoms with Crippen molar-refractivity contribution < 1.29 is 9.47 Å². The SMILES string of the molecule is CC(C)(C)C1CCC2(C1)OCCO2. The molecular formula is C11H20O2. The molecule has 0 aromatic carbocycles. The van der Waals surface area contributed by atoms with E-state index < -0.39 is 0 Å². The van der Waals surface area contributed by atoms with Gasteiger partial charge in [0.1, 0.15) is 0 Å². The van der Waals surface area contributed by atoms with E-state index in [1.54, 1.807) is 0 Å². The van der Waals surface area contributed by atoms with Gasteiger partial charge in [-0.2, -0.15) is 0 Å². The molecule has 13 heavy (non-hydrogen) atoms. The Labute approximate surface area is 80.6 Å². The van der Waals surface area contributed by atoms with Gasteiger partial charge in [-0.05, 0) is 17.8 Å². The third-order valence-electron chi connectivity index (χ3n) is 3.47. The van der Waals surface area contributed by atoms with Crippen LogP contribution in [0.4, 0.5) is 0 Å². The molecule has 2 fully saturated rings. The summed E-state index contributed by atoms with van der Waals surface area (Å²) in [5.74, 6) is 0.573. The first kappa shape index (κ1) is 9.47. The zero-order chi connectivity index (χ0) is 9.53. The Hall–Kier alpha value is -0.0800. The summed E-state index contributed by atoms with van der Waals surface area (Å²) in [5.41, 5.74) is 0.402. The molecule has 0 radical (unpaired) electrons.